The van der Waals surface area contributed by atoms with E-state index in [1.807, 2.05) is 54.6 Å². The summed E-state index contributed by atoms with van der Waals surface area (Å²) < 4.78 is 8.10. The van der Waals surface area contributed by atoms with Gasteiger partial charge in [0.15, 0.2) is 0 Å². The molecule has 1 saturated carbocycles. The predicted molar refractivity (Wildman–Crippen MR) is 137 cm³/mol. The van der Waals surface area contributed by atoms with Crippen LogP contribution in [0, 0.1) is 0 Å². The molecule has 0 aliphatic heterocycles. The molecular formula is C27H29N5O4. The molecule has 0 spiro atoms. The minimum Gasteiger partial charge on any atom is -0.480 e. The number of aliphatic carboxylic acids is 1. The zero-order valence-corrected chi connectivity index (χ0v) is 19.7. The van der Waals surface area contributed by atoms with Gasteiger partial charge in [0, 0.05) is 23.8 Å². The van der Waals surface area contributed by atoms with Crippen LogP contribution >= 0.6 is 0 Å². The Labute approximate surface area is 208 Å². The lowest BCUT2D eigenvalue weighted by Gasteiger charge is -2.31. The van der Waals surface area contributed by atoms with Gasteiger partial charge in [-0.2, -0.15) is 0 Å². The Bertz CT molecular complexity index is 1330. The Hall–Kier alpha value is -3.95. The van der Waals surface area contributed by atoms with Crippen LogP contribution in [0.1, 0.15) is 31.7 Å². The molecular weight excluding hydrogens is 458 g/mol. The molecule has 0 unspecified atom stereocenters. The number of aliphatic hydroxyl groups excluding tert-OH is 1. The maximum atomic E-state index is 11.3. The van der Waals surface area contributed by atoms with E-state index in [0.29, 0.717) is 5.82 Å². The largest absolute Gasteiger partial charge is 0.480 e. The molecule has 2 aromatic carbocycles. The van der Waals surface area contributed by atoms with Gasteiger partial charge in [-0.25, -0.2) is 9.97 Å². The molecule has 4 aromatic rings. The number of nitrogens with two attached hydrogens (primary N) is 1. The van der Waals surface area contributed by atoms with Crippen LogP contribution in [0.5, 0.6) is 11.5 Å². The van der Waals surface area contributed by atoms with Crippen molar-refractivity contribution in [1.82, 2.24) is 19.9 Å². The fraction of sp³-hybridized carbons (Fsp3) is 0.296. The van der Waals surface area contributed by atoms with Crippen LogP contribution in [0.3, 0.4) is 0 Å². The van der Waals surface area contributed by atoms with E-state index in [9.17, 15) is 15.0 Å². The number of hydrogen-bond donors (Lipinski definition) is 4. The smallest absolute Gasteiger partial charge is 0.323 e. The van der Waals surface area contributed by atoms with Gasteiger partial charge >= 0.3 is 5.97 Å². The van der Waals surface area contributed by atoms with Gasteiger partial charge in [0.25, 0.3) is 0 Å². The molecule has 0 amide bonds. The number of aliphatic hydroxyl groups is 1. The molecule has 5 N–H and O–H groups in total. The van der Waals surface area contributed by atoms with Crippen LogP contribution in [0.25, 0.3) is 22.2 Å². The summed E-state index contributed by atoms with van der Waals surface area (Å²) in [6.45, 7) is -0.424. The van der Waals surface area contributed by atoms with Crippen molar-refractivity contribution < 1.29 is 19.7 Å². The Morgan fingerprint density at radius 3 is 2.42 bits per heavy atom. The van der Waals surface area contributed by atoms with Gasteiger partial charge in [-0.3, -0.25) is 10.1 Å². The average Bonchev–Trinajstić information content (AvgIpc) is 3.29. The number of nitrogen functional groups attached to an aromatic ring is 1. The average molecular weight is 488 g/mol. The number of benzene rings is 2. The van der Waals surface area contributed by atoms with Gasteiger partial charge < -0.3 is 25.3 Å². The van der Waals surface area contributed by atoms with E-state index >= 15 is 0 Å². The number of aromatic nitrogens is 3. The number of fused-ring (bicyclic) bond motifs is 1. The number of carboxylic acids is 1. The number of ether oxygens (including phenoxy) is 1. The summed E-state index contributed by atoms with van der Waals surface area (Å²) in [6, 6.07) is 16.8. The van der Waals surface area contributed by atoms with Gasteiger partial charge in [0.1, 0.15) is 35.3 Å². The Morgan fingerprint density at radius 2 is 1.75 bits per heavy atom. The highest BCUT2D eigenvalue weighted by Gasteiger charge is 2.28. The summed E-state index contributed by atoms with van der Waals surface area (Å²) in [5, 5.41) is 22.4. The maximum absolute atomic E-state index is 11.3. The molecule has 2 aromatic heterocycles. The van der Waals surface area contributed by atoms with Crippen molar-refractivity contribution in [3.8, 4) is 22.6 Å². The van der Waals surface area contributed by atoms with Gasteiger partial charge in [-0.05, 0) is 55.5 Å². The fourth-order valence-corrected chi connectivity index (χ4v) is 4.94. The summed E-state index contributed by atoms with van der Waals surface area (Å²) in [6.07, 6.45) is 6.89. The van der Waals surface area contributed by atoms with Crippen molar-refractivity contribution >= 4 is 22.8 Å². The van der Waals surface area contributed by atoms with Crippen molar-refractivity contribution in [2.24, 2.45) is 0 Å². The molecule has 9 nitrogen and oxygen atoms in total. The van der Waals surface area contributed by atoms with Crippen LogP contribution in [-0.4, -0.2) is 49.4 Å². The fourth-order valence-electron chi connectivity index (χ4n) is 4.94. The van der Waals surface area contributed by atoms with Crippen LogP contribution in [0.4, 0.5) is 5.82 Å². The lowest BCUT2D eigenvalue weighted by molar-refractivity contribution is -0.140. The zero-order valence-electron chi connectivity index (χ0n) is 19.7. The van der Waals surface area contributed by atoms with E-state index in [1.165, 1.54) is 6.33 Å². The van der Waals surface area contributed by atoms with E-state index in [2.05, 4.69) is 26.0 Å². The van der Waals surface area contributed by atoms with E-state index in [-0.39, 0.29) is 12.1 Å². The highest BCUT2D eigenvalue weighted by molar-refractivity contribution is 6.00. The molecule has 0 bridgehead atoms. The van der Waals surface area contributed by atoms with E-state index in [0.717, 1.165) is 59.3 Å². The van der Waals surface area contributed by atoms with Crippen molar-refractivity contribution in [3.63, 3.8) is 0 Å². The van der Waals surface area contributed by atoms with Gasteiger partial charge in [-0.1, -0.05) is 30.3 Å². The number of nitrogens with zero attached hydrogens (tertiary/aromatic N) is 3. The van der Waals surface area contributed by atoms with E-state index < -0.39 is 18.6 Å². The number of para-hydroxylation sites is 1. The highest BCUT2D eigenvalue weighted by Crippen LogP contribution is 2.38. The maximum Gasteiger partial charge on any atom is 0.323 e. The third-order valence-corrected chi connectivity index (χ3v) is 6.79. The van der Waals surface area contributed by atoms with E-state index in [1.54, 1.807) is 0 Å². The van der Waals surface area contributed by atoms with Crippen molar-refractivity contribution in [2.45, 2.75) is 43.8 Å². The van der Waals surface area contributed by atoms with Crippen LogP contribution in [-0.2, 0) is 4.79 Å². The lowest BCUT2D eigenvalue weighted by atomic mass is 9.90. The third kappa shape index (κ3) is 4.89. The molecule has 9 heteroatoms. The van der Waals surface area contributed by atoms with Crippen molar-refractivity contribution in [3.05, 3.63) is 67.1 Å². The molecule has 1 atom stereocenters. The van der Waals surface area contributed by atoms with Gasteiger partial charge in [0.2, 0.25) is 0 Å². The standard InChI is InChI=1S/C27H29N5O4/c28-25-24-22(17-6-12-21(13-7-17)36-20-4-2-1-3-5-20)14-32(26(24)30-16-29-25)19-10-8-18(9-11-19)31-23(15-33)27(34)35/h1-7,12-14,16,18-19,23,31,33H,8-11,15H2,(H,34,35)(H2,28,29,30)/t18?,19?,23-/m0/s1. The first-order valence-electron chi connectivity index (χ1n) is 12.1. The molecule has 186 valence electrons. The number of anilines is 1. The molecule has 5 rings (SSSR count). The number of rotatable bonds is 8. The Morgan fingerprint density at radius 1 is 1.06 bits per heavy atom. The lowest BCUT2D eigenvalue weighted by Crippen LogP contribution is -2.46. The van der Waals surface area contributed by atoms with Crippen molar-refractivity contribution in [1.29, 1.82) is 0 Å². The minimum absolute atomic E-state index is 0.0488. The quantitative estimate of drug-likeness (QED) is 0.293. The molecule has 0 radical (unpaired) electrons. The Kier molecular flexibility index (Phi) is 6.84. The second-order valence-corrected chi connectivity index (χ2v) is 9.09. The normalized spacial score (nSPS) is 18.7. The second-order valence-electron chi connectivity index (χ2n) is 9.09. The first-order valence-corrected chi connectivity index (χ1v) is 12.1. The highest BCUT2D eigenvalue weighted by atomic mass is 16.5. The van der Waals surface area contributed by atoms with Crippen LogP contribution < -0.4 is 15.8 Å². The third-order valence-electron chi connectivity index (χ3n) is 6.79. The summed E-state index contributed by atoms with van der Waals surface area (Å²) in [4.78, 5) is 20.1. The van der Waals surface area contributed by atoms with E-state index in [4.69, 9.17) is 10.5 Å². The van der Waals surface area contributed by atoms with Gasteiger partial charge in [0.05, 0.1) is 12.0 Å². The zero-order chi connectivity index (χ0) is 25.1. The Balaban J connectivity index is 1.38. The molecule has 1 aliphatic rings. The van der Waals surface area contributed by atoms with Crippen LogP contribution in [0.15, 0.2) is 67.1 Å². The number of carbonyl (C=O) groups is 1. The van der Waals surface area contributed by atoms with Crippen molar-refractivity contribution in [2.75, 3.05) is 12.3 Å². The second kappa shape index (κ2) is 10.3. The summed E-state index contributed by atoms with van der Waals surface area (Å²) in [5.74, 6) is 0.915. The SMILES string of the molecule is Nc1ncnc2c1c(-c1ccc(Oc3ccccc3)cc1)cn2C1CCC(N[C@@H](CO)C(=O)O)CC1. The minimum atomic E-state index is -1.03. The first kappa shape index (κ1) is 23.8. The molecule has 2 heterocycles. The summed E-state index contributed by atoms with van der Waals surface area (Å²) in [7, 11) is 0. The molecule has 1 aliphatic carbocycles. The van der Waals surface area contributed by atoms with Gasteiger partial charge in [-0.15, -0.1) is 0 Å². The number of nitrogens with one attached hydrogen (secondary N) is 1. The predicted octanol–water partition coefficient (Wildman–Crippen LogP) is 3.99. The summed E-state index contributed by atoms with van der Waals surface area (Å²) >= 11 is 0. The number of carboxylic acid groups (broad SMARTS) is 1. The van der Waals surface area contributed by atoms with Crippen LogP contribution in [0.2, 0.25) is 0 Å². The number of hydrogen-bond acceptors (Lipinski definition) is 7. The first-order chi connectivity index (χ1) is 17.5. The monoisotopic (exact) mass is 487 g/mol. The topological polar surface area (TPSA) is 136 Å². The summed E-state index contributed by atoms with van der Waals surface area (Å²) in [5.41, 5.74) is 9.05. The molecule has 36 heavy (non-hydrogen) atoms. The molecule has 1 fully saturated rings. The molecule has 0 saturated heterocycles.